The van der Waals surface area contributed by atoms with E-state index in [9.17, 15) is 0 Å². The van der Waals surface area contributed by atoms with Crippen molar-refractivity contribution in [2.45, 2.75) is 0 Å². The summed E-state index contributed by atoms with van der Waals surface area (Å²) in [5, 5.41) is 1.01. The number of nitrogens with zero attached hydrogens (tertiary/aromatic N) is 2. The molecule has 2 heteroatoms. The Bertz CT molecular complexity index is 455. The summed E-state index contributed by atoms with van der Waals surface area (Å²) >= 11 is 0. The van der Waals surface area contributed by atoms with Gasteiger partial charge in [0.25, 0.3) is 0 Å². The molecule has 0 saturated carbocycles. The topological polar surface area (TPSA) is 25.8 Å². The van der Waals surface area contributed by atoms with Crippen molar-refractivity contribution in [2.24, 2.45) is 0 Å². The second-order valence-corrected chi connectivity index (χ2v) is 2.44. The van der Waals surface area contributed by atoms with Crippen LogP contribution in [0.1, 0.15) is 5.56 Å². The number of aromatic nitrogens is 2. The van der Waals surface area contributed by atoms with Crippen LogP contribution in [0.4, 0.5) is 0 Å². The summed E-state index contributed by atoms with van der Waals surface area (Å²) in [6.07, 6.45) is 8.53. The molecule has 0 unspecified atom stereocenters. The molecule has 1 heterocycles. The monoisotopic (exact) mass is 154 g/mol. The molecule has 2 nitrogen and oxygen atoms in total. The highest BCUT2D eigenvalue weighted by Gasteiger charge is 1.93. The molecule has 0 saturated heterocycles. The fraction of sp³-hybridized carbons (Fsp3) is 0. The first-order valence-corrected chi connectivity index (χ1v) is 3.56. The minimum Gasteiger partial charge on any atom is -0.244 e. The van der Waals surface area contributed by atoms with Crippen molar-refractivity contribution < 1.29 is 0 Å². The predicted molar refractivity (Wildman–Crippen MR) is 47.5 cm³/mol. The normalized spacial score (nSPS) is 9.58. The van der Waals surface area contributed by atoms with Gasteiger partial charge in [-0.05, 0) is 12.1 Å². The Balaban J connectivity index is 2.78. The molecule has 56 valence electrons. The zero-order valence-corrected chi connectivity index (χ0v) is 6.36. The van der Waals surface area contributed by atoms with Crippen LogP contribution in [-0.4, -0.2) is 9.97 Å². The lowest BCUT2D eigenvalue weighted by molar-refractivity contribution is 1.22. The Kier molecular flexibility index (Phi) is 1.49. The number of terminal acetylenes is 1. The SMILES string of the molecule is C#Cc1ccc2cncnc2c1. The van der Waals surface area contributed by atoms with Gasteiger partial charge < -0.3 is 0 Å². The Morgan fingerprint density at radius 2 is 2.25 bits per heavy atom. The van der Waals surface area contributed by atoms with Gasteiger partial charge in [-0.1, -0.05) is 12.0 Å². The lowest BCUT2D eigenvalue weighted by atomic mass is 10.2. The molecule has 0 bridgehead atoms. The Hall–Kier alpha value is -1.88. The van der Waals surface area contributed by atoms with Crippen LogP contribution >= 0.6 is 0 Å². The fourth-order valence-electron chi connectivity index (χ4n) is 1.06. The molecule has 0 N–H and O–H groups in total. The van der Waals surface area contributed by atoms with E-state index in [1.165, 1.54) is 6.33 Å². The van der Waals surface area contributed by atoms with Crippen LogP contribution in [0, 0.1) is 12.3 Å². The lowest BCUT2D eigenvalue weighted by Crippen LogP contribution is -1.81. The molecule has 2 aromatic rings. The highest BCUT2D eigenvalue weighted by Crippen LogP contribution is 2.10. The molecule has 0 spiro atoms. The van der Waals surface area contributed by atoms with Gasteiger partial charge in [-0.2, -0.15) is 0 Å². The number of benzene rings is 1. The van der Waals surface area contributed by atoms with Crippen molar-refractivity contribution in [1.82, 2.24) is 9.97 Å². The van der Waals surface area contributed by atoms with E-state index in [0.717, 1.165) is 16.5 Å². The Morgan fingerprint density at radius 3 is 3.08 bits per heavy atom. The molecule has 0 amide bonds. The number of fused-ring (bicyclic) bond motifs is 1. The quantitative estimate of drug-likeness (QED) is 0.539. The highest BCUT2D eigenvalue weighted by molar-refractivity contribution is 5.78. The molecule has 1 aromatic heterocycles. The molecule has 0 aliphatic heterocycles. The maximum Gasteiger partial charge on any atom is 0.116 e. The second kappa shape index (κ2) is 2.63. The van der Waals surface area contributed by atoms with Gasteiger partial charge in [-0.15, -0.1) is 6.42 Å². The van der Waals surface area contributed by atoms with Crippen LogP contribution < -0.4 is 0 Å². The third kappa shape index (κ3) is 1.02. The standard InChI is InChI=1S/C10H6N2/c1-2-8-3-4-9-6-11-7-12-10(9)5-8/h1,3-7H. The van der Waals surface area contributed by atoms with Crippen molar-refractivity contribution in [1.29, 1.82) is 0 Å². The van der Waals surface area contributed by atoms with E-state index in [-0.39, 0.29) is 0 Å². The molecular weight excluding hydrogens is 148 g/mol. The molecule has 0 atom stereocenters. The van der Waals surface area contributed by atoms with Crippen LogP contribution in [0.15, 0.2) is 30.7 Å². The minimum absolute atomic E-state index is 0.848. The van der Waals surface area contributed by atoms with Gasteiger partial charge in [0.05, 0.1) is 5.52 Å². The van der Waals surface area contributed by atoms with Crippen molar-refractivity contribution in [2.75, 3.05) is 0 Å². The molecule has 0 fully saturated rings. The summed E-state index contributed by atoms with van der Waals surface area (Å²) in [6, 6.07) is 5.67. The maximum atomic E-state index is 5.25. The third-order valence-electron chi connectivity index (χ3n) is 1.67. The zero-order chi connectivity index (χ0) is 8.39. The van der Waals surface area contributed by atoms with Gasteiger partial charge in [0.2, 0.25) is 0 Å². The zero-order valence-electron chi connectivity index (χ0n) is 6.36. The van der Waals surface area contributed by atoms with Crippen molar-refractivity contribution in [3.63, 3.8) is 0 Å². The van der Waals surface area contributed by atoms with Gasteiger partial charge >= 0.3 is 0 Å². The van der Waals surface area contributed by atoms with Crippen molar-refractivity contribution in [3.8, 4) is 12.3 Å². The summed E-state index contributed by atoms with van der Waals surface area (Å²) in [7, 11) is 0. The third-order valence-corrected chi connectivity index (χ3v) is 1.67. The average Bonchev–Trinajstić information content (AvgIpc) is 2.17. The molecule has 1 aromatic carbocycles. The smallest absolute Gasteiger partial charge is 0.116 e. The first-order valence-electron chi connectivity index (χ1n) is 3.56. The van der Waals surface area contributed by atoms with Crippen LogP contribution in [0.3, 0.4) is 0 Å². The largest absolute Gasteiger partial charge is 0.244 e. The minimum atomic E-state index is 0.848. The summed E-state index contributed by atoms with van der Waals surface area (Å²) in [5.74, 6) is 2.56. The predicted octanol–water partition coefficient (Wildman–Crippen LogP) is 1.61. The lowest BCUT2D eigenvalue weighted by Gasteiger charge is -1.94. The molecule has 0 aliphatic carbocycles. The van der Waals surface area contributed by atoms with E-state index in [1.807, 2.05) is 18.2 Å². The van der Waals surface area contributed by atoms with Crippen LogP contribution in [-0.2, 0) is 0 Å². The summed E-state index contributed by atoms with van der Waals surface area (Å²) in [6.45, 7) is 0. The van der Waals surface area contributed by atoms with E-state index < -0.39 is 0 Å². The molecular formula is C10H6N2. The van der Waals surface area contributed by atoms with Crippen molar-refractivity contribution >= 4 is 10.9 Å². The number of hydrogen-bond acceptors (Lipinski definition) is 2. The Labute approximate surface area is 70.3 Å². The van der Waals surface area contributed by atoms with E-state index in [4.69, 9.17) is 6.42 Å². The van der Waals surface area contributed by atoms with Gasteiger partial charge in [0.1, 0.15) is 6.33 Å². The molecule has 0 aliphatic rings. The van der Waals surface area contributed by atoms with Crippen molar-refractivity contribution in [3.05, 3.63) is 36.3 Å². The van der Waals surface area contributed by atoms with E-state index in [1.54, 1.807) is 6.20 Å². The van der Waals surface area contributed by atoms with E-state index >= 15 is 0 Å². The number of rotatable bonds is 0. The molecule has 12 heavy (non-hydrogen) atoms. The van der Waals surface area contributed by atoms with E-state index in [0.29, 0.717) is 0 Å². The van der Waals surface area contributed by atoms with Crippen LogP contribution in [0.2, 0.25) is 0 Å². The maximum absolute atomic E-state index is 5.25. The van der Waals surface area contributed by atoms with Gasteiger partial charge in [0.15, 0.2) is 0 Å². The van der Waals surface area contributed by atoms with Gasteiger partial charge in [-0.25, -0.2) is 9.97 Å². The molecule has 0 radical (unpaired) electrons. The first kappa shape index (κ1) is 6.81. The fourth-order valence-corrected chi connectivity index (χ4v) is 1.06. The first-order chi connectivity index (χ1) is 5.90. The number of hydrogen-bond donors (Lipinski definition) is 0. The molecule has 2 rings (SSSR count). The average molecular weight is 154 g/mol. The van der Waals surface area contributed by atoms with E-state index in [2.05, 4.69) is 15.9 Å². The highest BCUT2D eigenvalue weighted by atomic mass is 14.8. The summed E-state index contributed by atoms with van der Waals surface area (Å²) in [4.78, 5) is 7.99. The van der Waals surface area contributed by atoms with Gasteiger partial charge in [-0.3, -0.25) is 0 Å². The van der Waals surface area contributed by atoms with Crippen LogP contribution in [0.25, 0.3) is 10.9 Å². The second-order valence-electron chi connectivity index (χ2n) is 2.44. The van der Waals surface area contributed by atoms with Crippen LogP contribution in [0.5, 0.6) is 0 Å². The summed E-state index contributed by atoms with van der Waals surface area (Å²) < 4.78 is 0. The van der Waals surface area contributed by atoms with Gasteiger partial charge in [0, 0.05) is 17.1 Å². The summed E-state index contributed by atoms with van der Waals surface area (Å²) in [5.41, 5.74) is 1.74. The Morgan fingerprint density at radius 1 is 1.33 bits per heavy atom.